The van der Waals surface area contributed by atoms with Gasteiger partial charge in [-0.25, -0.2) is 14.7 Å². The average molecular weight is 457 g/mol. The molecule has 2 rings (SSSR count). The summed E-state index contributed by atoms with van der Waals surface area (Å²) in [5.41, 5.74) is 1.33. The normalized spacial score (nSPS) is 20.1. The standard InChI is InChI=1S/C16H23N2O.CH4NO2S.CH3.Y/c1-4-16(19)18-11-13(2)17(10-14(18)3)12-15-8-6-5-7-9-15;1-5(2,3)4;;/h5-9,13-14H,1,4,10-12H2,2-3H3;1H2,(H2,2,3,4);1H3;/q3*-1;+3. The van der Waals surface area contributed by atoms with E-state index in [0.29, 0.717) is 12.5 Å². The minimum Gasteiger partial charge on any atom is -0.358 e. The first kappa shape index (κ1) is 27.9. The number of benzene rings is 1. The molecule has 0 aliphatic carbocycles. The predicted molar refractivity (Wildman–Crippen MR) is 102 cm³/mol. The molecule has 2 N–H and O–H groups in total. The molecule has 0 saturated carbocycles. The van der Waals surface area contributed by atoms with E-state index in [2.05, 4.69) is 61.3 Å². The summed E-state index contributed by atoms with van der Waals surface area (Å²) < 4.78 is 18.6. The van der Waals surface area contributed by atoms with Crippen LogP contribution in [0.5, 0.6) is 0 Å². The molecule has 1 aromatic carbocycles. The first-order valence-corrected chi connectivity index (χ1v) is 9.55. The van der Waals surface area contributed by atoms with Crippen LogP contribution < -0.4 is 5.14 Å². The maximum absolute atomic E-state index is 11.8. The van der Waals surface area contributed by atoms with Crippen LogP contribution in [-0.4, -0.2) is 49.3 Å². The smallest absolute Gasteiger partial charge is 0.358 e. The van der Waals surface area contributed by atoms with Crippen molar-refractivity contribution in [2.75, 3.05) is 13.1 Å². The van der Waals surface area contributed by atoms with Crippen molar-refractivity contribution in [1.82, 2.24) is 9.80 Å². The van der Waals surface area contributed by atoms with Crippen LogP contribution in [-0.2, 0) is 54.1 Å². The quantitative estimate of drug-likeness (QED) is 0.703. The van der Waals surface area contributed by atoms with Crippen molar-refractivity contribution in [3.05, 3.63) is 56.5 Å². The third-order valence-electron chi connectivity index (χ3n) is 3.88. The van der Waals surface area contributed by atoms with Crippen LogP contribution in [0.25, 0.3) is 0 Å². The molecule has 0 bridgehead atoms. The molecule has 1 fully saturated rings. The van der Waals surface area contributed by atoms with E-state index >= 15 is 0 Å². The minimum absolute atomic E-state index is 0. The monoisotopic (exact) mass is 457 g/mol. The SMILES string of the molecule is [CH2-]CC(=O)N1CC(C)N(Cc2ccccc2)CC1C.[CH2-]S(N)(=O)=O.[CH3-].[Y+3]. The molecular formula is C18H30N3O3SY. The Hall–Kier alpha value is -0.336. The number of primary sulfonamides is 1. The summed E-state index contributed by atoms with van der Waals surface area (Å²) in [6.45, 7) is 10.7. The van der Waals surface area contributed by atoms with E-state index in [4.69, 9.17) is 0 Å². The molecule has 1 heterocycles. The van der Waals surface area contributed by atoms with Crippen molar-refractivity contribution >= 4 is 15.9 Å². The summed E-state index contributed by atoms with van der Waals surface area (Å²) >= 11 is 0. The zero-order chi connectivity index (χ0) is 18.3. The molecule has 8 heteroatoms. The summed E-state index contributed by atoms with van der Waals surface area (Å²) in [6, 6.07) is 11.2. The minimum atomic E-state index is -3.42. The molecule has 0 spiro atoms. The number of piperazine rings is 1. The number of rotatable bonds is 3. The zero-order valence-corrected chi connectivity index (χ0v) is 19.6. The summed E-state index contributed by atoms with van der Waals surface area (Å²) in [5, 5.41) is 4.22. The summed E-state index contributed by atoms with van der Waals surface area (Å²) in [4.78, 5) is 16.3. The van der Waals surface area contributed by atoms with Crippen molar-refractivity contribution in [3.8, 4) is 0 Å². The fraction of sp³-hybridized carbons (Fsp3) is 0.444. The number of hydrogen-bond acceptors (Lipinski definition) is 4. The summed E-state index contributed by atoms with van der Waals surface area (Å²) in [5.74, 6) is 0.165. The van der Waals surface area contributed by atoms with E-state index in [1.165, 1.54) is 5.56 Å². The molecule has 0 radical (unpaired) electrons. The Balaban J connectivity index is 0. The van der Waals surface area contributed by atoms with Gasteiger partial charge >= 0.3 is 32.7 Å². The van der Waals surface area contributed by atoms with Gasteiger partial charge in [-0.15, -0.1) is 6.42 Å². The second kappa shape index (κ2) is 12.9. The molecule has 6 nitrogen and oxygen atoms in total. The number of sulfonamides is 1. The Labute approximate surface area is 184 Å². The first-order valence-electron chi connectivity index (χ1n) is 7.84. The van der Waals surface area contributed by atoms with Crippen LogP contribution in [0, 0.1) is 20.6 Å². The van der Waals surface area contributed by atoms with Crippen molar-refractivity contribution in [2.24, 2.45) is 5.14 Å². The third-order valence-corrected chi connectivity index (χ3v) is 3.88. The van der Waals surface area contributed by atoms with Gasteiger partial charge in [-0.2, -0.15) is 0 Å². The van der Waals surface area contributed by atoms with Gasteiger partial charge in [0.05, 0.1) is 10.0 Å². The molecule has 144 valence electrons. The van der Waals surface area contributed by atoms with Crippen LogP contribution in [0.2, 0.25) is 0 Å². The van der Waals surface area contributed by atoms with Crippen LogP contribution in [0.15, 0.2) is 30.3 Å². The number of nitrogens with zero attached hydrogens (tertiary/aromatic N) is 2. The number of hydrogen-bond donors (Lipinski definition) is 1. The Morgan fingerprint density at radius 2 is 1.69 bits per heavy atom. The summed E-state index contributed by atoms with van der Waals surface area (Å²) in [6.07, 6.45) is 2.88. The molecule has 26 heavy (non-hydrogen) atoms. The van der Waals surface area contributed by atoms with Gasteiger partial charge in [-0.05, 0) is 19.4 Å². The van der Waals surface area contributed by atoms with Gasteiger partial charge in [-0.1, -0.05) is 30.3 Å². The van der Waals surface area contributed by atoms with Gasteiger partial charge in [0.25, 0.3) is 0 Å². The van der Waals surface area contributed by atoms with Crippen molar-refractivity contribution in [2.45, 2.75) is 38.9 Å². The topological polar surface area (TPSA) is 83.7 Å². The fourth-order valence-corrected chi connectivity index (χ4v) is 2.73. The van der Waals surface area contributed by atoms with Gasteiger partial charge < -0.3 is 19.3 Å². The first-order chi connectivity index (χ1) is 11.1. The van der Waals surface area contributed by atoms with Gasteiger partial charge in [0, 0.05) is 31.7 Å². The molecule has 2 unspecified atom stereocenters. The van der Waals surface area contributed by atoms with Crippen LogP contribution in [0.4, 0.5) is 0 Å². The summed E-state index contributed by atoms with van der Waals surface area (Å²) in [7, 11) is -3.42. The van der Waals surface area contributed by atoms with Gasteiger partial charge in [0.15, 0.2) is 5.91 Å². The number of carbonyl (C=O) groups is 1. The fourth-order valence-electron chi connectivity index (χ4n) is 2.73. The Bertz CT molecular complexity index is 618. The van der Waals surface area contributed by atoms with E-state index in [1.807, 2.05) is 11.0 Å². The third kappa shape index (κ3) is 10.7. The number of nitrogens with two attached hydrogens (primary N) is 1. The zero-order valence-electron chi connectivity index (χ0n) is 16.0. The molecule has 1 aromatic rings. The molecule has 0 aromatic heterocycles. The second-order valence-corrected chi connectivity index (χ2v) is 7.40. The second-order valence-electron chi connectivity index (χ2n) is 6.07. The van der Waals surface area contributed by atoms with Crippen LogP contribution >= 0.6 is 0 Å². The number of carbonyl (C=O) groups excluding carboxylic acids is 1. The molecule has 1 saturated heterocycles. The van der Waals surface area contributed by atoms with Gasteiger partial charge in [0.1, 0.15) is 0 Å². The van der Waals surface area contributed by atoms with Crippen molar-refractivity contribution < 1.29 is 45.9 Å². The van der Waals surface area contributed by atoms with Crippen LogP contribution in [0.1, 0.15) is 25.8 Å². The van der Waals surface area contributed by atoms with Gasteiger partial charge in [-0.3, -0.25) is 14.8 Å². The van der Waals surface area contributed by atoms with E-state index in [1.54, 1.807) is 0 Å². The van der Waals surface area contributed by atoms with E-state index in [0.717, 1.165) is 19.6 Å². The van der Waals surface area contributed by atoms with Gasteiger partial charge in [0.2, 0.25) is 0 Å². The van der Waals surface area contributed by atoms with E-state index < -0.39 is 10.0 Å². The van der Waals surface area contributed by atoms with Crippen LogP contribution in [0.3, 0.4) is 0 Å². The van der Waals surface area contributed by atoms with E-state index in [9.17, 15) is 13.2 Å². The van der Waals surface area contributed by atoms with E-state index in [-0.39, 0.29) is 52.1 Å². The largest absolute Gasteiger partial charge is 3.00 e. The van der Waals surface area contributed by atoms with Crippen molar-refractivity contribution in [3.63, 3.8) is 0 Å². The molecule has 1 aliphatic rings. The molecule has 1 aliphatic heterocycles. The Morgan fingerprint density at radius 3 is 2.15 bits per heavy atom. The maximum Gasteiger partial charge on any atom is 3.00 e. The maximum atomic E-state index is 11.8. The Kier molecular flexibility index (Phi) is 13.9. The molecule has 2 atom stereocenters. The average Bonchev–Trinajstić information content (AvgIpc) is 2.49. The number of amides is 1. The predicted octanol–water partition coefficient (Wildman–Crippen LogP) is 1.85. The molecule has 1 amide bonds. The Morgan fingerprint density at radius 1 is 1.19 bits per heavy atom. The van der Waals surface area contributed by atoms with Crippen molar-refractivity contribution in [1.29, 1.82) is 0 Å². The molecular weight excluding hydrogens is 427 g/mol.